The van der Waals surface area contributed by atoms with Gasteiger partial charge in [-0.05, 0) is 55.2 Å². The van der Waals surface area contributed by atoms with Crippen LogP contribution in [0.1, 0.15) is 42.7 Å². The highest BCUT2D eigenvalue weighted by Gasteiger charge is 2.40. The van der Waals surface area contributed by atoms with E-state index in [4.69, 9.17) is 11.6 Å². The molecule has 0 saturated heterocycles. The number of ketones is 1. The molecule has 0 aromatic heterocycles. The third kappa shape index (κ3) is 3.37. The van der Waals surface area contributed by atoms with E-state index in [0.29, 0.717) is 11.4 Å². The molecule has 0 bridgehead atoms. The molecule has 138 valence electrons. The smallest absolute Gasteiger partial charge is 0.232 e. The molecule has 0 N–H and O–H groups in total. The Morgan fingerprint density at radius 2 is 1.93 bits per heavy atom. The minimum atomic E-state index is -0.187. The molecule has 1 unspecified atom stereocenters. The van der Waals surface area contributed by atoms with Crippen LogP contribution < -0.4 is 4.90 Å². The molecule has 1 aliphatic heterocycles. The lowest BCUT2D eigenvalue weighted by Crippen LogP contribution is -2.40. The summed E-state index contributed by atoms with van der Waals surface area (Å²) in [5.74, 6) is -0.0225. The summed E-state index contributed by atoms with van der Waals surface area (Å²) in [6, 6.07) is 13.5. The molecule has 0 saturated carbocycles. The summed E-state index contributed by atoms with van der Waals surface area (Å²) >= 11 is 9.71. The Morgan fingerprint density at radius 1 is 1.11 bits per heavy atom. The van der Waals surface area contributed by atoms with Crippen LogP contribution in [0.15, 0.2) is 58.2 Å². The zero-order valence-corrected chi connectivity index (χ0v) is 17.3. The predicted octanol–water partition coefficient (Wildman–Crippen LogP) is 5.94. The van der Waals surface area contributed by atoms with Crippen molar-refractivity contribution in [3.63, 3.8) is 0 Å². The van der Waals surface area contributed by atoms with Crippen LogP contribution >= 0.6 is 27.5 Å². The van der Waals surface area contributed by atoms with Gasteiger partial charge in [0.05, 0.1) is 5.69 Å². The lowest BCUT2D eigenvalue weighted by Gasteiger charge is -2.39. The molecule has 4 rings (SSSR count). The molecule has 2 aromatic rings. The van der Waals surface area contributed by atoms with E-state index < -0.39 is 0 Å². The molecule has 1 amide bonds. The zero-order valence-electron chi connectivity index (χ0n) is 15.0. The largest absolute Gasteiger partial charge is 0.294 e. The quantitative estimate of drug-likeness (QED) is 0.575. The lowest BCUT2D eigenvalue weighted by molar-refractivity contribution is -0.119. The maximum Gasteiger partial charge on any atom is 0.232 e. The first-order chi connectivity index (χ1) is 13.0. The molecular formula is C22H19BrClNO2. The van der Waals surface area contributed by atoms with Crippen LogP contribution in [0.4, 0.5) is 5.69 Å². The standard InChI is InChI=1S/C22H19BrClNO2/c1-13-8-9-16(24)11-19(13)25-18-6-3-7-20(26)22(18)17(12-21(25)27)14-4-2-5-15(23)10-14/h2,4-5,8-11,17H,3,6-7,12H2,1H3. The van der Waals surface area contributed by atoms with Crippen molar-refractivity contribution in [3.05, 3.63) is 74.4 Å². The van der Waals surface area contributed by atoms with Crippen LogP contribution in [0.25, 0.3) is 0 Å². The predicted molar refractivity (Wildman–Crippen MR) is 111 cm³/mol. The molecule has 1 aliphatic carbocycles. The van der Waals surface area contributed by atoms with Crippen LogP contribution in [-0.2, 0) is 9.59 Å². The number of nitrogens with zero attached hydrogens (tertiary/aromatic N) is 1. The van der Waals surface area contributed by atoms with Crippen molar-refractivity contribution in [3.8, 4) is 0 Å². The molecule has 3 nitrogen and oxygen atoms in total. The first-order valence-corrected chi connectivity index (χ1v) is 10.2. The van der Waals surface area contributed by atoms with E-state index in [9.17, 15) is 9.59 Å². The topological polar surface area (TPSA) is 37.4 Å². The van der Waals surface area contributed by atoms with E-state index in [1.165, 1.54) is 0 Å². The number of rotatable bonds is 2. The summed E-state index contributed by atoms with van der Waals surface area (Å²) in [5.41, 5.74) is 4.39. The Balaban J connectivity index is 1.90. The Morgan fingerprint density at radius 3 is 2.70 bits per heavy atom. The minimum absolute atomic E-state index is 0.0128. The number of benzene rings is 2. The van der Waals surface area contributed by atoms with Crippen LogP contribution in [0.3, 0.4) is 0 Å². The van der Waals surface area contributed by atoms with Gasteiger partial charge in [-0.1, -0.05) is 45.7 Å². The molecule has 5 heteroatoms. The second-order valence-electron chi connectivity index (χ2n) is 7.11. The van der Waals surface area contributed by atoms with Crippen molar-refractivity contribution in [2.45, 2.75) is 38.5 Å². The summed E-state index contributed by atoms with van der Waals surface area (Å²) < 4.78 is 0.950. The van der Waals surface area contributed by atoms with Crippen LogP contribution in [-0.4, -0.2) is 11.7 Å². The van der Waals surface area contributed by atoms with Crippen LogP contribution in [0.5, 0.6) is 0 Å². The molecule has 2 aromatic carbocycles. The number of halogens is 2. The normalized spacial score (nSPS) is 20.1. The van der Waals surface area contributed by atoms with Crippen molar-refractivity contribution in [2.24, 2.45) is 0 Å². The molecule has 0 radical (unpaired) electrons. The Bertz CT molecular complexity index is 982. The highest BCUT2D eigenvalue weighted by molar-refractivity contribution is 9.10. The lowest BCUT2D eigenvalue weighted by atomic mass is 9.77. The van der Waals surface area contributed by atoms with Crippen molar-refractivity contribution in [2.75, 3.05) is 4.90 Å². The average Bonchev–Trinajstić information content (AvgIpc) is 2.63. The summed E-state index contributed by atoms with van der Waals surface area (Å²) in [6.07, 6.45) is 2.32. The van der Waals surface area contributed by atoms with Gasteiger partial charge in [0.15, 0.2) is 5.78 Å². The van der Waals surface area contributed by atoms with E-state index in [0.717, 1.165) is 45.4 Å². The third-order valence-electron chi connectivity index (χ3n) is 5.34. The molecule has 1 heterocycles. The fourth-order valence-corrected chi connectivity index (χ4v) is 4.69. The van der Waals surface area contributed by atoms with Gasteiger partial charge in [0.1, 0.15) is 0 Å². The number of anilines is 1. The number of Topliss-reactive ketones (excluding diaryl/α,β-unsaturated/α-hetero) is 1. The van der Waals surface area contributed by atoms with Gasteiger partial charge in [-0.3, -0.25) is 14.5 Å². The number of carbonyl (C=O) groups is 2. The molecule has 0 fully saturated rings. The fraction of sp³-hybridized carbons (Fsp3) is 0.273. The number of allylic oxidation sites excluding steroid dienone is 2. The van der Waals surface area contributed by atoms with Gasteiger partial charge in [-0.2, -0.15) is 0 Å². The first kappa shape index (κ1) is 18.5. The zero-order chi connectivity index (χ0) is 19.1. The summed E-state index contributed by atoms with van der Waals surface area (Å²) in [6.45, 7) is 1.96. The minimum Gasteiger partial charge on any atom is -0.294 e. The number of carbonyl (C=O) groups excluding carboxylic acids is 2. The summed E-state index contributed by atoms with van der Waals surface area (Å²) in [5, 5.41) is 0.585. The number of aryl methyl sites for hydroxylation is 1. The van der Waals surface area contributed by atoms with Crippen LogP contribution in [0.2, 0.25) is 5.02 Å². The van der Waals surface area contributed by atoms with E-state index in [1.807, 2.05) is 49.4 Å². The van der Waals surface area contributed by atoms with Gasteiger partial charge in [0, 0.05) is 39.5 Å². The van der Waals surface area contributed by atoms with E-state index in [1.54, 1.807) is 4.90 Å². The van der Waals surface area contributed by atoms with Gasteiger partial charge in [-0.15, -0.1) is 0 Å². The van der Waals surface area contributed by atoms with Crippen LogP contribution in [0, 0.1) is 6.92 Å². The maximum absolute atomic E-state index is 13.2. The highest BCUT2D eigenvalue weighted by Crippen LogP contribution is 2.44. The number of hydrogen-bond donors (Lipinski definition) is 0. The van der Waals surface area contributed by atoms with Gasteiger partial charge < -0.3 is 0 Å². The van der Waals surface area contributed by atoms with Gasteiger partial charge in [0.25, 0.3) is 0 Å². The van der Waals surface area contributed by atoms with Crippen molar-refractivity contribution >= 4 is 44.9 Å². The third-order valence-corrected chi connectivity index (χ3v) is 6.07. The Hall–Kier alpha value is -1.91. The molecular weight excluding hydrogens is 426 g/mol. The van der Waals surface area contributed by atoms with E-state index in [-0.39, 0.29) is 24.0 Å². The number of amides is 1. The van der Waals surface area contributed by atoms with E-state index in [2.05, 4.69) is 15.9 Å². The van der Waals surface area contributed by atoms with Gasteiger partial charge >= 0.3 is 0 Å². The van der Waals surface area contributed by atoms with Gasteiger partial charge in [-0.25, -0.2) is 0 Å². The monoisotopic (exact) mass is 443 g/mol. The van der Waals surface area contributed by atoms with E-state index >= 15 is 0 Å². The highest BCUT2D eigenvalue weighted by atomic mass is 79.9. The Kier molecular flexibility index (Phi) is 4.95. The molecule has 27 heavy (non-hydrogen) atoms. The second-order valence-corrected chi connectivity index (χ2v) is 8.46. The SMILES string of the molecule is Cc1ccc(Cl)cc1N1C(=O)CC(c2cccc(Br)c2)C2=C1CCCC2=O. The molecule has 2 aliphatic rings. The van der Waals surface area contributed by atoms with Crippen molar-refractivity contribution in [1.82, 2.24) is 0 Å². The van der Waals surface area contributed by atoms with Crippen molar-refractivity contribution in [1.29, 1.82) is 0 Å². The summed E-state index contributed by atoms with van der Waals surface area (Å²) in [7, 11) is 0. The molecule has 0 spiro atoms. The maximum atomic E-state index is 13.2. The Labute approximate surface area is 172 Å². The van der Waals surface area contributed by atoms with Gasteiger partial charge in [0.2, 0.25) is 5.91 Å². The molecule has 1 atom stereocenters. The first-order valence-electron chi connectivity index (χ1n) is 9.06. The van der Waals surface area contributed by atoms with Crippen molar-refractivity contribution < 1.29 is 9.59 Å². The second kappa shape index (κ2) is 7.25. The number of hydrogen-bond acceptors (Lipinski definition) is 2. The fourth-order valence-electron chi connectivity index (χ4n) is 4.10. The average molecular weight is 445 g/mol. The summed E-state index contributed by atoms with van der Waals surface area (Å²) in [4.78, 5) is 27.9.